The lowest BCUT2D eigenvalue weighted by molar-refractivity contribution is 0.0880. The summed E-state index contributed by atoms with van der Waals surface area (Å²) in [5, 5.41) is 13.1. The maximum Gasteiger partial charge on any atom is 0.130 e. The molecule has 2 heterocycles. The van der Waals surface area contributed by atoms with Crippen LogP contribution in [0.1, 0.15) is 48.8 Å². The fraction of sp³-hybridized carbons (Fsp3) is 0.320. The van der Waals surface area contributed by atoms with Crippen molar-refractivity contribution in [1.29, 1.82) is 0 Å². The molecule has 0 spiro atoms. The highest BCUT2D eigenvalue weighted by Crippen LogP contribution is 2.39. The van der Waals surface area contributed by atoms with E-state index < -0.39 is 0 Å². The van der Waals surface area contributed by atoms with E-state index in [-0.39, 0.29) is 6.10 Å². The van der Waals surface area contributed by atoms with Gasteiger partial charge >= 0.3 is 0 Å². The lowest BCUT2D eigenvalue weighted by atomic mass is 9.85. The van der Waals surface area contributed by atoms with Crippen LogP contribution in [-0.4, -0.2) is 10.1 Å². The molecule has 4 heteroatoms. The number of aliphatic hydroxyl groups excluding tert-OH is 1. The van der Waals surface area contributed by atoms with Gasteiger partial charge in [0, 0.05) is 15.0 Å². The number of benzene rings is 2. The summed E-state index contributed by atoms with van der Waals surface area (Å²) < 4.78 is 7.18. The van der Waals surface area contributed by atoms with Gasteiger partial charge in [0.2, 0.25) is 0 Å². The van der Waals surface area contributed by atoms with Crippen LogP contribution in [0.25, 0.3) is 21.0 Å². The first-order valence-corrected chi connectivity index (χ1v) is 11.3. The Morgan fingerprint density at radius 3 is 2.69 bits per heavy atom. The van der Waals surface area contributed by atoms with Crippen molar-refractivity contribution in [2.75, 3.05) is 0 Å². The minimum atomic E-state index is -0.334. The van der Waals surface area contributed by atoms with Crippen LogP contribution in [0.15, 0.2) is 60.7 Å². The average Bonchev–Trinajstić information content (AvgIpc) is 3.21. The van der Waals surface area contributed by atoms with Crippen LogP contribution < -0.4 is 4.74 Å². The first-order chi connectivity index (χ1) is 14.3. The summed E-state index contributed by atoms with van der Waals surface area (Å²) in [6.45, 7) is 0.444. The predicted molar refractivity (Wildman–Crippen MR) is 119 cm³/mol. The van der Waals surface area contributed by atoms with Gasteiger partial charge < -0.3 is 9.84 Å². The Bertz CT molecular complexity index is 1130. The molecule has 0 aliphatic heterocycles. The Morgan fingerprint density at radius 2 is 1.79 bits per heavy atom. The van der Waals surface area contributed by atoms with Gasteiger partial charge in [0.15, 0.2) is 0 Å². The summed E-state index contributed by atoms with van der Waals surface area (Å²) in [7, 11) is 0. The summed E-state index contributed by atoms with van der Waals surface area (Å²) in [6, 6.07) is 20.5. The van der Waals surface area contributed by atoms with Crippen LogP contribution in [0, 0.1) is 5.92 Å². The highest BCUT2D eigenvalue weighted by molar-refractivity contribution is 7.19. The van der Waals surface area contributed by atoms with E-state index in [2.05, 4.69) is 35.3 Å². The van der Waals surface area contributed by atoms with Crippen LogP contribution in [-0.2, 0) is 6.61 Å². The molecule has 4 aromatic rings. The number of nitrogens with zero attached hydrogens (tertiary/aromatic N) is 1. The fourth-order valence-electron chi connectivity index (χ4n) is 4.30. The minimum Gasteiger partial charge on any atom is -0.487 e. The van der Waals surface area contributed by atoms with Crippen molar-refractivity contribution in [2.45, 2.75) is 44.8 Å². The van der Waals surface area contributed by atoms with Crippen LogP contribution >= 0.6 is 11.3 Å². The summed E-state index contributed by atoms with van der Waals surface area (Å²) in [4.78, 5) is 5.76. The van der Waals surface area contributed by atoms with Gasteiger partial charge in [-0.3, -0.25) is 0 Å². The molecule has 1 aliphatic carbocycles. The van der Waals surface area contributed by atoms with Crippen LogP contribution in [0.2, 0.25) is 0 Å². The molecular weight excluding hydrogens is 378 g/mol. The van der Waals surface area contributed by atoms with E-state index in [0.717, 1.165) is 40.1 Å². The summed E-state index contributed by atoms with van der Waals surface area (Å²) in [5.41, 5.74) is 1.91. The van der Waals surface area contributed by atoms with Gasteiger partial charge in [-0.25, -0.2) is 4.98 Å². The molecule has 5 rings (SSSR count). The van der Waals surface area contributed by atoms with Crippen molar-refractivity contribution in [1.82, 2.24) is 4.98 Å². The van der Waals surface area contributed by atoms with E-state index in [0.29, 0.717) is 12.5 Å². The lowest BCUT2D eigenvalue weighted by Gasteiger charge is -2.25. The van der Waals surface area contributed by atoms with Crippen molar-refractivity contribution in [2.24, 2.45) is 5.92 Å². The zero-order chi connectivity index (χ0) is 19.6. The molecular formula is C25H25NO2S. The Hall–Kier alpha value is -2.43. The Labute approximate surface area is 175 Å². The van der Waals surface area contributed by atoms with Gasteiger partial charge in [-0.15, -0.1) is 11.3 Å². The number of para-hydroxylation sites is 1. The van der Waals surface area contributed by atoms with E-state index in [4.69, 9.17) is 4.74 Å². The smallest absolute Gasteiger partial charge is 0.130 e. The molecule has 2 aromatic heterocycles. The second kappa shape index (κ2) is 8.13. The van der Waals surface area contributed by atoms with E-state index in [1.165, 1.54) is 29.3 Å². The van der Waals surface area contributed by atoms with Gasteiger partial charge in [-0.2, -0.15) is 0 Å². The maximum absolute atomic E-state index is 10.8. The zero-order valence-electron chi connectivity index (χ0n) is 16.4. The third-order valence-corrected chi connectivity index (χ3v) is 7.11. The standard InChI is InChI=1S/C25H25NO2S/c27-25(18-7-2-1-3-8-18)24-14-19-11-13-21(15-23(19)29-24)28-16-20-12-10-17-6-4-5-9-22(17)26-20/h4-6,9-15,18,25,27H,1-3,7-8,16H2. The van der Waals surface area contributed by atoms with Gasteiger partial charge in [-0.1, -0.05) is 43.5 Å². The molecule has 29 heavy (non-hydrogen) atoms. The number of hydrogen-bond donors (Lipinski definition) is 1. The molecule has 1 saturated carbocycles. The molecule has 1 fully saturated rings. The molecule has 0 amide bonds. The number of fused-ring (bicyclic) bond motifs is 2. The van der Waals surface area contributed by atoms with E-state index in [1.807, 2.05) is 30.3 Å². The number of hydrogen-bond acceptors (Lipinski definition) is 4. The third-order valence-electron chi connectivity index (χ3n) is 5.94. The highest BCUT2D eigenvalue weighted by atomic mass is 32.1. The Kier molecular flexibility index (Phi) is 5.21. The van der Waals surface area contributed by atoms with E-state index >= 15 is 0 Å². The third kappa shape index (κ3) is 4.00. The number of ether oxygens (including phenoxy) is 1. The molecule has 1 aliphatic rings. The maximum atomic E-state index is 10.8. The van der Waals surface area contributed by atoms with Gasteiger partial charge in [-0.05, 0) is 60.5 Å². The molecule has 0 saturated heterocycles. The van der Waals surface area contributed by atoms with Crippen molar-refractivity contribution in [3.63, 3.8) is 0 Å². The first kappa shape index (κ1) is 18.6. The molecule has 148 valence electrons. The molecule has 3 nitrogen and oxygen atoms in total. The Balaban J connectivity index is 1.31. The second-order valence-electron chi connectivity index (χ2n) is 7.98. The molecule has 2 aromatic carbocycles. The number of aliphatic hydroxyl groups is 1. The molecule has 0 radical (unpaired) electrons. The van der Waals surface area contributed by atoms with Crippen LogP contribution in [0.4, 0.5) is 0 Å². The first-order valence-electron chi connectivity index (χ1n) is 10.5. The van der Waals surface area contributed by atoms with Gasteiger partial charge in [0.1, 0.15) is 12.4 Å². The second-order valence-corrected chi connectivity index (χ2v) is 9.09. The van der Waals surface area contributed by atoms with Crippen LogP contribution in [0.5, 0.6) is 5.75 Å². The largest absolute Gasteiger partial charge is 0.487 e. The predicted octanol–water partition coefficient (Wildman–Crippen LogP) is 6.64. The van der Waals surface area contributed by atoms with Crippen LogP contribution in [0.3, 0.4) is 0 Å². The van der Waals surface area contributed by atoms with E-state index in [1.54, 1.807) is 11.3 Å². The van der Waals surface area contributed by atoms with E-state index in [9.17, 15) is 5.11 Å². The number of thiophene rings is 1. The monoisotopic (exact) mass is 403 g/mol. The SMILES string of the molecule is OC(c1cc2ccc(OCc3ccc4ccccc4n3)cc2s1)C1CCCCC1. The average molecular weight is 404 g/mol. The molecule has 1 atom stereocenters. The van der Waals surface area contributed by atoms with Crippen molar-refractivity contribution in [3.05, 3.63) is 71.2 Å². The number of pyridine rings is 1. The van der Waals surface area contributed by atoms with Gasteiger partial charge in [0.25, 0.3) is 0 Å². The Morgan fingerprint density at radius 1 is 0.966 bits per heavy atom. The molecule has 0 bridgehead atoms. The molecule has 1 N–H and O–H groups in total. The normalized spacial score (nSPS) is 16.3. The van der Waals surface area contributed by atoms with Gasteiger partial charge in [0.05, 0.1) is 17.3 Å². The quantitative estimate of drug-likeness (QED) is 0.406. The lowest BCUT2D eigenvalue weighted by Crippen LogP contribution is -2.14. The molecule has 1 unspecified atom stereocenters. The summed E-state index contributed by atoms with van der Waals surface area (Å²) in [5.74, 6) is 1.25. The fourth-order valence-corrected chi connectivity index (χ4v) is 5.47. The number of aromatic nitrogens is 1. The summed E-state index contributed by atoms with van der Waals surface area (Å²) >= 11 is 1.69. The zero-order valence-corrected chi connectivity index (χ0v) is 17.2. The number of rotatable bonds is 5. The van der Waals surface area contributed by atoms with Crippen molar-refractivity contribution >= 4 is 32.3 Å². The topological polar surface area (TPSA) is 42.4 Å². The van der Waals surface area contributed by atoms with Crippen molar-refractivity contribution < 1.29 is 9.84 Å². The van der Waals surface area contributed by atoms with Crippen molar-refractivity contribution in [3.8, 4) is 5.75 Å². The highest BCUT2D eigenvalue weighted by Gasteiger charge is 2.24. The minimum absolute atomic E-state index is 0.334. The summed E-state index contributed by atoms with van der Waals surface area (Å²) in [6.07, 6.45) is 5.74.